The summed E-state index contributed by atoms with van der Waals surface area (Å²) < 4.78 is 33.1. The van der Waals surface area contributed by atoms with Crippen LogP contribution in [0, 0.1) is 11.3 Å². The molecule has 3 N–H and O–H groups in total. The van der Waals surface area contributed by atoms with Gasteiger partial charge in [-0.2, -0.15) is 23.4 Å². The van der Waals surface area contributed by atoms with Crippen molar-refractivity contribution in [3.63, 3.8) is 0 Å². The summed E-state index contributed by atoms with van der Waals surface area (Å²) in [7, 11) is 0. The van der Waals surface area contributed by atoms with Gasteiger partial charge in [-0.25, -0.2) is 14.6 Å². The van der Waals surface area contributed by atoms with Crippen LogP contribution in [0.2, 0.25) is 0 Å². The minimum Gasteiger partial charge on any atom is -0.480 e. The molecule has 1 aliphatic heterocycles. The maximum Gasteiger partial charge on any atom is 0.490 e. The number of hydrogen-bond acceptors (Lipinski definition) is 7. The number of halogens is 3. The lowest BCUT2D eigenvalue weighted by Gasteiger charge is -2.28. The summed E-state index contributed by atoms with van der Waals surface area (Å²) in [5, 5.41) is 29.9. The molecule has 0 atom stereocenters. The lowest BCUT2D eigenvalue weighted by atomic mass is 9.83. The van der Waals surface area contributed by atoms with Gasteiger partial charge < -0.3 is 15.5 Å². The van der Waals surface area contributed by atoms with Crippen LogP contribution in [0.4, 0.5) is 29.3 Å². The Kier molecular flexibility index (Phi) is 11.1. The first-order valence-electron chi connectivity index (χ1n) is 15.5. The Morgan fingerprint density at radius 2 is 1.57 bits per heavy atom. The van der Waals surface area contributed by atoms with Crippen molar-refractivity contribution in [2.24, 2.45) is 16.4 Å². The van der Waals surface area contributed by atoms with E-state index in [1.807, 2.05) is 45.0 Å². The second-order valence-corrected chi connectivity index (χ2v) is 12.7. The van der Waals surface area contributed by atoms with Gasteiger partial charge in [0.25, 0.3) is 0 Å². The second-order valence-electron chi connectivity index (χ2n) is 12.7. The zero-order valence-corrected chi connectivity index (χ0v) is 27.2. The van der Waals surface area contributed by atoms with Crippen molar-refractivity contribution in [1.29, 1.82) is 0 Å². The van der Waals surface area contributed by atoms with E-state index in [4.69, 9.17) is 15.0 Å². The van der Waals surface area contributed by atoms with E-state index >= 15 is 0 Å². The molecule has 3 amide bonds. The van der Waals surface area contributed by atoms with E-state index in [9.17, 15) is 37.5 Å². The topological polar surface area (TPSA) is 174 Å². The van der Waals surface area contributed by atoms with Gasteiger partial charge >= 0.3 is 24.1 Å². The van der Waals surface area contributed by atoms with Gasteiger partial charge in [0, 0.05) is 22.3 Å². The summed E-state index contributed by atoms with van der Waals surface area (Å²) in [5.74, 6) is -4.25. The van der Waals surface area contributed by atoms with Gasteiger partial charge in [-0.05, 0) is 31.0 Å². The molecular weight excluding hydrogens is 649 g/mol. The van der Waals surface area contributed by atoms with Crippen molar-refractivity contribution >= 4 is 57.6 Å². The molecule has 2 aromatic carbocycles. The Bertz CT molecular complexity index is 1770. The second kappa shape index (κ2) is 14.9. The predicted molar refractivity (Wildman–Crippen MR) is 173 cm³/mol. The highest BCUT2D eigenvalue weighted by atomic mass is 19.4. The molecule has 1 fully saturated rings. The monoisotopic (exact) mass is 686 g/mol. The van der Waals surface area contributed by atoms with Crippen molar-refractivity contribution in [3.8, 4) is 0 Å². The number of carboxylic acid groups (broad SMARTS) is 2. The number of nitrogens with zero attached hydrogens (tertiary/aromatic N) is 5. The number of Topliss-reactive ketones (excluding diaryl/α,β-unsaturated/α-hetero) is 1. The first kappa shape index (κ1) is 36.6. The summed E-state index contributed by atoms with van der Waals surface area (Å²) in [4.78, 5) is 62.2. The van der Waals surface area contributed by atoms with Crippen LogP contribution in [-0.2, 0) is 25.7 Å². The molecule has 49 heavy (non-hydrogen) atoms. The average molecular weight is 687 g/mol. The number of urea groups is 1. The van der Waals surface area contributed by atoms with Crippen LogP contribution in [0.5, 0.6) is 0 Å². The van der Waals surface area contributed by atoms with Crippen LogP contribution in [0.15, 0.2) is 53.8 Å². The molecule has 0 radical (unpaired) electrons. The number of amides is 3. The minimum atomic E-state index is -5.08. The number of benzene rings is 2. The maximum atomic E-state index is 14.0. The maximum absolute atomic E-state index is 14.0. The number of fused-ring (bicyclic) bond motifs is 2. The van der Waals surface area contributed by atoms with Gasteiger partial charge in [0.15, 0.2) is 5.78 Å². The number of para-hydroxylation sites is 1. The van der Waals surface area contributed by atoms with Gasteiger partial charge in [-0.3, -0.25) is 24.0 Å². The molecule has 0 bridgehead atoms. The van der Waals surface area contributed by atoms with Crippen LogP contribution in [-0.4, -0.2) is 79.6 Å². The summed E-state index contributed by atoms with van der Waals surface area (Å²) in [6, 6.07) is 12.1. The highest BCUT2D eigenvalue weighted by Crippen LogP contribution is 2.35. The van der Waals surface area contributed by atoms with Crippen LogP contribution in [0.25, 0.3) is 10.9 Å². The predicted octanol–water partition coefficient (Wildman–Crippen LogP) is 5.53. The fraction of sp³-hybridized carbons (Fsp3) is 0.424. The molecule has 3 aromatic rings. The molecule has 5 rings (SSSR count). The molecule has 1 aromatic heterocycles. The van der Waals surface area contributed by atoms with E-state index in [1.165, 1.54) is 20.8 Å². The molecule has 1 saturated carbocycles. The highest BCUT2D eigenvalue weighted by Gasteiger charge is 2.38. The van der Waals surface area contributed by atoms with Crippen molar-refractivity contribution in [2.45, 2.75) is 65.6 Å². The van der Waals surface area contributed by atoms with E-state index in [1.54, 1.807) is 18.2 Å². The average Bonchev–Trinajstić information content (AvgIpc) is 3.39. The molecule has 16 heteroatoms. The number of nitrogens with one attached hydrogen (secondary N) is 1. The van der Waals surface area contributed by atoms with E-state index in [0.29, 0.717) is 22.3 Å². The highest BCUT2D eigenvalue weighted by molar-refractivity contribution is 6.13. The van der Waals surface area contributed by atoms with E-state index in [0.717, 1.165) is 43.4 Å². The molecule has 2 aliphatic rings. The number of alkyl halides is 3. The van der Waals surface area contributed by atoms with Gasteiger partial charge in [-0.1, -0.05) is 64.3 Å². The number of aliphatic carboxylic acids is 2. The lowest BCUT2D eigenvalue weighted by molar-refractivity contribution is -0.192. The molecule has 13 nitrogen and oxygen atoms in total. The van der Waals surface area contributed by atoms with Crippen LogP contribution in [0.3, 0.4) is 0 Å². The fourth-order valence-corrected chi connectivity index (χ4v) is 5.50. The van der Waals surface area contributed by atoms with Crippen molar-refractivity contribution in [3.05, 3.63) is 54.2 Å². The number of ketones is 1. The molecular formula is C33H37F3N6O7. The molecule has 1 aliphatic carbocycles. The Morgan fingerprint density at radius 3 is 2.18 bits per heavy atom. The zero-order valence-electron chi connectivity index (χ0n) is 27.2. The number of carbonyl (C=O) groups excluding carboxylic acids is 3. The number of hydrazone groups is 1. The number of carbonyl (C=O) groups is 5. The lowest BCUT2D eigenvalue weighted by Crippen LogP contribution is -2.47. The summed E-state index contributed by atoms with van der Waals surface area (Å²) in [5.41, 5.74) is 2.51. The largest absolute Gasteiger partial charge is 0.490 e. The quantitative estimate of drug-likeness (QED) is 0.277. The third kappa shape index (κ3) is 9.00. The molecule has 0 unspecified atom stereocenters. The Morgan fingerprint density at radius 1 is 0.918 bits per heavy atom. The van der Waals surface area contributed by atoms with E-state index in [-0.39, 0.29) is 31.3 Å². The molecule has 2 heterocycles. The van der Waals surface area contributed by atoms with Crippen LogP contribution in [0.1, 0.15) is 58.4 Å². The fourth-order valence-electron chi connectivity index (χ4n) is 5.50. The third-order valence-electron chi connectivity index (χ3n) is 8.06. The summed E-state index contributed by atoms with van der Waals surface area (Å²) >= 11 is 0. The zero-order chi connectivity index (χ0) is 36.1. The number of aromatic nitrogens is 2. The first-order valence-corrected chi connectivity index (χ1v) is 15.5. The van der Waals surface area contributed by atoms with Gasteiger partial charge in [-0.15, -0.1) is 0 Å². The van der Waals surface area contributed by atoms with Crippen LogP contribution >= 0.6 is 0 Å². The molecule has 0 saturated heterocycles. The van der Waals surface area contributed by atoms with Crippen molar-refractivity contribution in [1.82, 2.24) is 14.8 Å². The SMILES string of the molecule is CC(C)(C)C(=O)CN1C(=O)N(CC(=O)Nc2cccc3c2cnn3CC(=O)O)N=C(C2CCCCC2)c2ccccc21.O=C(O)C(F)(F)F. The van der Waals surface area contributed by atoms with Gasteiger partial charge in [0.05, 0.1) is 35.3 Å². The first-order chi connectivity index (χ1) is 23.0. The number of rotatable bonds is 8. The van der Waals surface area contributed by atoms with Crippen molar-refractivity contribution < 1.29 is 47.4 Å². The summed E-state index contributed by atoms with van der Waals surface area (Å²) in [6.07, 6.45) is 1.56. The number of carboxylic acids is 2. The third-order valence-corrected chi connectivity index (χ3v) is 8.06. The van der Waals surface area contributed by atoms with Crippen molar-refractivity contribution in [2.75, 3.05) is 23.3 Å². The van der Waals surface area contributed by atoms with Gasteiger partial charge in [0.2, 0.25) is 5.91 Å². The number of anilines is 2. The molecule has 262 valence electrons. The Balaban J connectivity index is 0.000000698. The Labute approximate surface area is 279 Å². The van der Waals surface area contributed by atoms with Gasteiger partial charge in [0.1, 0.15) is 13.1 Å². The number of hydrogen-bond donors (Lipinski definition) is 3. The van der Waals surface area contributed by atoms with E-state index < -0.39 is 35.5 Å². The molecule has 0 spiro atoms. The normalized spacial score (nSPS) is 15.5. The standard InChI is InChI=1S/C31H36N6O5.C2HF3O2/c1-31(2,3)26(38)17-35-24-14-8-7-12-21(24)29(20-10-5-4-6-11-20)34-37(30(35)42)18-27(39)33-23-13-9-15-25-22(23)16-32-36(25)19-28(40)41;3-2(4,5)1(6)7/h7-9,12-16,20H,4-6,10-11,17-19H2,1-3H3,(H,33,39)(H,40,41);(H,6,7). The Hall–Kier alpha value is -5.28. The van der Waals surface area contributed by atoms with Crippen LogP contribution < -0.4 is 10.2 Å². The minimum absolute atomic E-state index is 0.110. The van der Waals surface area contributed by atoms with E-state index in [2.05, 4.69) is 10.4 Å². The smallest absolute Gasteiger partial charge is 0.480 e. The summed E-state index contributed by atoms with van der Waals surface area (Å²) in [6.45, 7) is 4.62.